The lowest BCUT2D eigenvalue weighted by atomic mass is 10.2. The summed E-state index contributed by atoms with van der Waals surface area (Å²) in [5, 5.41) is 20.4. The fraction of sp³-hybridized carbons (Fsp3) is 0.316. The molecule has 2 heterocycles. The monoisotopic (exact) mass is 386 g/mol. The molecule has 3 rings (SSSR count). The predicted octanol–water partition coefficient (Wildman–Crippen LogP) is 3.30. The zero-order valence-electron chi connectivity index (χ0n) is 15.2. The number of hydrogen-bond acceptors (Lipinski definition) is 7. The summed E-state index contributed by atoms with van der Waals surface area (Å²) in [4.78, 5) is 13.1. The summed E-state index contributed by atoms with van der Waals surface area (Å²) in [7, 11) is 0. The van der Waals surface area contributed by atoms with E-state index in [9.17, 15) is 0 Å². The van der Waals surface area contributed by atoms with Crippen molar-refractivity contribution >= 4 is 40.0 Å². The van der Waals surface area contributed by atoms with E-state index in [2.05, 4.69) is 30.9 Å². The minimum atomic E-state index is 0.144. The lowest BCUT2D eigenvalue weighted by molar-refractivity contribution is 0.292. The summed E-state index contributed by atoms with van der Waals surface area (Å²) in [5.41, 5.74) is 2.76. The van der Waals surface area contributed by atoms with Gasteiger partial charge in [-0.2, -0.15) is 4.98 Å². The van der Waals surface area contributed by atoms with Crippen molar-refractivity contribution in [1.82, 2.24) is 15.0 Å². The quantitative estimate of drug-likeness (QED) is 0.419. The summed E-state index contributed by atoms with van der Waals surface area (Å²) < 4.78 is 0. The van der Waals surface area contributed by atoms with Gasteiger partial charge in [0.25, 0.3) is 0 Å². The number of aromatic nitrogens is 3. The number of nitrogens with zero attached hydrogens (tertiary/aromatic N) is 3. The zero-order valence-corrected chi connectivity index (χ0v) is 15.9. The van der Waals surface area contributed by atoms with Gasteiger partial charge in [-0.1, -0.05) is 11.6 Å². The molecule has 0 fully saturated rings. The molecule has 0 bridgehead atoms. The standard InChI is InChI=1S/C19H23ClN6O/c1-13-11-18(26-19(25-13)24-6-2-10-27)23-9-8-22-16-5-7-21-17-12-14(20)3-4-15(16)17/h3-5,7,11-12,27H,2,6,8-10H2,1H3,(H,21,22)(H2,23,24,25,26). The average Bonchev–Trinajstić information content (AvgIpc) is 2.65. The van der Waals surface area contributed by atoms with Crippen LogP contribution in [0.1, 0.15) is 12.1 Å². The van der Waals surface area contributed by atoms with Crippen LogP contribution in [0, 0.1) is 6.92 Å². The van der Waals surface area contributed by atoms with Crippen LogP contribution in [0.3, 0.4) is 0 Å². The first kappa shape index (κ1) is 19.1. The minimum absolute atomic E-state index is 0.144. The molecule has 2 aromatic heterocycles. The molecular weight excluding hydrogens is 364 g/mol. The third-order valence-corrected chi connectivity index (χ3v) is 4.16. The topological polar surface area (TPSA) is 95.0 Å². The van der Waals surface area contributed by atoms with Gasteiger partial charge in [0.05, 0.1) is 5.52 Å². The van der Waals surface area contributed by atoms with E-state index in [-0.39, 0.29) is 6.61 Å². The summed E-state index contributed by atoms with van der Waals surface area (Å²) in [5.74, 6) is 1.33. The highest BCUT2D eigenvalue weighted by molar-refractivity contribution is 6.31. The summed E-state index contributed by atoms with van der Waals surface area (Å²) >= 11 is 6.03. The first-order valence-electron chi connectivity index (χ1n) is 8.88. The highest BCUT2D eigenvalue weighted by atomic mass is 35.5. The van der Waals surface area contributed by atoms with Crippen LogP contribution >= 0.6 is 11.6 Å². The van der Waals surface area contributed by atoms with E-state index in [1.807, 2.05) is 37.3 Å². The Hall–Kier alpha value is -2.64. The third-order valence-electron chi connectivity index (χ3n) is 3.92. The van der Waals surface area contributed by atoms with E-state index < -0.39 is 0 Å². The van der Waals surface area contributed by atoms with Gasteiger partial charge in [0.1, 0.15) is 5.82 Å². The van der Waals surface area contributed by atoms with Crippen LogP contribution in [0.4, 0.5) is 17.5 Å². The number of rotatable bonds is 9. The first-order valence-corrected chi connectivity index (χ1v) is 9.26. The molecule has 0 aliphatic heterocycles. The molecule has 27 heavy (non-hydrogen) atoms. The van der Waals surface area contributed by atoms with Gasteiger partial charge in [-0.25, -0.2) is 4.98 Å². The average molecular weight is 387 g/mol. The van der Waals surface area contributed by atoms with Crippen molar-refractivity contribution in [2.45, 2.75) is 13.3 Å². The van der Waals surface area contributed by atoms with Gasteiger partial charge in [0, 0.05) is 60.3 Å². The molecule has 0 aliphatic rings. The Balaban J connectivity index is 1.56. The summed E-state index contributed by atoms with van der Waals surface area (Å²) in [6.07, 6.45) is 2.43. The number of pyridine rings is 1. The van der Waals surface area contributed by atoms with Crippen molar-refractivity contribution in [1.29, 1.82) is 0 Å². The van der Waals surface area contributed by atoms with Gasteiger partial charge < -0.3 is 21.1 Å². The van der Waals surface area contributed by atoms with Crippen LogP contribution in [0.2, 0.25) is 5.02 Å². The van der Waals surface area contributed by atoms with Crippen LogP contribution in [0.25, 0.3) is 10.9 Å². The molecule has 0 radical (unpaired) electrons. The molecule has 0 aliphatic carbocycles. The van der Waals surface area contributed by atoms with Crippen LogP contribution in [-0.2, 0) is 0 Å². The minimum Gasteiger partial charge on any atom is -0.396 e. The molecule has 7 nitrogen and oxygen atoms in total. The van der Waals surface area contributed by atoms with E-state index in [1.54, 1.807) is 6.20 Å². The molecule has 0 saturated heterocycles. The second-order valence-electron chi connectivity index (χ2n) is 6.10. The highest BCUT2D eigenvalue weighted by Crippen LogP contribution is 2.24. The lowest BCUT2D eigenvalue weighted by Gasteiger charge is -2.12. The van der Waals surface area contributed by atoms with Crippen LogP contribution in [0.5, 0.6) is 0 Å². The number of fused-ring (bicyclic) bond motifs is 1. The van der Waals surface area contributed by atoms with E-state index in [0.717, 1.165) is 34.6 Å². The number of nitrogens with one attached hydrogen (secondary N) is 3. The summed E-state index contributed by atoms with van der Waals surface area (Å²) in [6, 6.07) is 9.55. The van der Waals surface area contributed by atoms with E-state index in [4.69, 9.17) is 16.7 Å². The molecule has 0 unspecified atom stereocenters. The second-order valence-corrected chi connectivity index (χ2v) is 6.53. The number of anilines is 3. The number of aliphatic hydroxyl groups excluding tert-OH is 1. The highest BCUT2D eigenvalue weighted by Gasteiger charge is 2.04. The number of hydrogen-bond donors (Lipinski definition) is 4. The maximum Gasteiger partial charge on any atom is 0.224 e. The van der Waals surface area contributed by atoms with E-state index in [0.29, 0.717) is 30.5 Å². The molecule has 0 spiro atoms. The van der Waals surface area contributed by atoms with Crippen LogP contribution in [-0.4, -0.2) is 46.3 Å². The molecule has 4 N–H and O–H groups in total. The smallest absolute Gasteiger partial charge is 0.224 e. The number of aryl methyl sites for hydroxylation is 1. The van der Waals surface area contributed by atoms with Crippen LogP contribution < -0.4 is 16.0 Å². The van der Waals surface area contributed by atoms with Gasteiger partial charge in [0.2, 0.25) is 5.95 Å². The van der Waals surface area contributed by atoms with E-state index in [1.165, 1.54) is 0 Å². The lowest BCUT2D eigenvalue weighted by Crippen LogP contribution is -2.16. The van der Waals surface area contributed by atoms with Crippen molar-refractivity contribution in [3.63, 3.8) is 0 Å². The van der Waals surface area contributed by atoms with Crippen molar-refractivity contribution < 1.29 is 5.11 Å². The van der Waals surface area contributed by atoms with E-state index >= 15 is 0 Å². The summed E-state index contributed by atoms with van der Waals surface area (Å²) in [6.45, 7) is 4.13. The molecule has 0 amide bonds. The molecule has 142 valence electrons. The molecular formula is C19H23ClN6O. The Morgan fingerprint density at radius 3 is 2.70 bits per heavy atom. The maximum absolute atomic E-state index is 8.86. The SMILES string of the molecule is Cc1cc(NCCNc2ccnc3cc(Cl)ccc23)nc(NCCCO)n1. The van der Waals surface area contributed by atoms with Gasteiger partial charge >= 0.3 is 0 Å². The van der Waals surface area contributed by atoms with Crippen molar-refractivity contribution in [2.24, 2.45) is 0 Å². The zero-order chi connectivity index (χ0) is 19.1. The van der Waals surface area contributed by atoms with Crippen molar-refractivity contribution in [3.8, 4) is 0 Å². The Kier molecular flexibility index (Phi) is 6.62. The predicted molar refractivity (Wildman–Crippen MR) is 111 cm³/mol. The number of halogens is 1. The van der Waals surface area contributed by atoms with Gasteiger partial charge in [-0.15, -0.1) is 0 Å². The molecule has 1 aromatic carbocycles. The van der Waals surface area contributed by atoms with Gasteiger partial charge in [-0.05, 0) is 37.6 Å². The Labute approximate surface area is 163 Å². The van der Waals surface area contributed by atoms with Crippen molar-refractivity contribution in [3.05, 3.63) is 47.2 Å². The third kappa shape index (κ3) is 5.42. The first-order chi connectivity index (χ1) is 13.2. The fourth-order valence-corrected chi connectivity index (χ4v) is 2.85. The van der Waals surface area contributed by atoms with Crippen molar-refractivity contribution in [2.75, 3.05) is 42.2 Å². The molecule has 8 heteroatoms. The van der Waals surface area contributed by atoms with Gasteiger partial charge in [-0.3, -0.25) is 4.98 Å². The molecule has 0 saturated carbocycles. The van der Waals surface area contributed by atoms with Gasteiger partial charge in [0.15, 0.2) is 0 Å². The Morgan fingerprint density at radius 1 is 1.00 bits per heavy atom. The molecule has 0 atom stereocenters. The normalized spacial score (nSPS) is 10.8. The Morgan fingerprint density at radius 2 is 1.85 bits per heavy atom. The largest absolute Gasteiger partial charge is 0.396 e. The molecule has 3 aromatic rings. The Bertz CT molecular complexity index is 905. The van der Waals surface area contributed by atoms with Crippen LogP contribution in [0.15, 0.2) is 36.5 Å². The maximum atomic E-state index is 8.86. The second kappa shape index (κ2) is 9.34. The number of aliphatic hydroxyl groups is 1. The fourth-order valence-electron chi connectivity index (χ4n) is 2.68. The number of benzene rings is 1.